The second-order valence-corrected chi connectivity index (χ2v) is 10.1. The molecule has 1 aliphatic carbocycles. The maximum absolute atomic E-state index is 12.8. The van der Waals surface area contributed by atoms with Gasteiger partial charge in [0.25, 0.3) is 0 Å². The molecule has 1 spiro atoms. The minimum absolute atomic E-state index is 0.0838. The molecule has 4 nitrogen and oxygen atoms in total. The SMILES string of the molecule is CC(C)(C)[S@@](=O)N[C@@H]1c2cc(C#CCO)ccc2CC12CCNCC2. The van der Waals surface area contributed by atoms with Gasteiger partial charge >= 0.3 is 0 Å². The van der Waals surface area contributed by atoms with Crippen molar-refractivity contribution < 1.29 is 9.32 Å². The summed E-state index contributed by atoms with van der Waals surface area (Å²) >= 11 is 0. The summed E-state index contributed by atoms with van der Waals surface area (Å²) in [6.07, 6.45) is 3.19. The van der Waals surface area contributed by atoms with Gasteiger partial charge in [0, 0.05) is 5.56 Å². The first-order chi connectivity index (χ1) is 11.9. The Hall–Kier alpha value is -1.19. The van der Waals surface area contributed by atoms with E-state index in [2.05, 4.69) is 34.0 Å². The molecule has 0 bridgehead atoms. The van der Waals surface area contributed by atoms with Crippen molar-refractivity contribution in [1.29, 1.82) is 0 Å². The third kappa shape index (κ3) is 3.83. The van der Waals surface area contributed by atoms with Crippen LogP contribution in [0.2, 0.25) is 0 Å². The summed E-state index contributed by atoms with van der Waals surface area (Å²) in [5, 5.41) is 12.4. The van der Waals surface area contributed by atoms with Gasteiger partial charge in [0.1, 0.15) is 6.61 Å². The minimum Gasteiger partial charge on any atom is -0.384 e. The van der Waals surface area contributed by atoms with Crippen molar-refractivity contribution in [2.24, 2.45) is 5.41 Å². The summed E-state index contributed by atoms with van der Waals surface area (Å²) in [7, 11) is -1.12. The highest BCUT2D eigenvalue weighted by molar-refractivity contribution is 7.84. The number of aliphatic hydroxyl groups excluding tert-OH is 1. The van der Waals surface area contributed by atoms with Gasteiger partial charge in [-0.2, -0.15) is 0 Å². The first-order valence-electron chi connectivity index (χ1n) is 8.97. The Morgan fingerprint density at radius 2 is 2.08 bits per heavy atom. The van der Waals surface area contributed by atoms with Gasteiger partial charge in [-0.15, -0.1) is 0 Å². The third-order valence-electron chi connectivity index (χ3n) is 5.30. The van der Waals surface area contributed by atoms with E-state index in [1.165, 1.54) is 11.1 Å². The van der Waals surface area contributed by atoms with E-state index in [9.17, 15) is 4.21 Å². The number of hydrogen-bond acceptors (Lipinski definition) is 3. The van der Waals surface area contributed by atoms with Crippen LogP contribution in [0.3, 0.4) is 0 Å². The maximum Gasteiger partial charge on any atom is 0.104 e. The Morgan fingerprint density at radius 1 is 1.36 bits per heavy atom. The minimum atomic E-state index is -1.12. The molecule has 1 aliphatic heterocycles. The lowest BCUT2D eigenvalue weighted by molar-refractivity contribution is 0.164. The number of benzene rings is 1. The van der Waals surface area contributed by atoms with E-state index in [0.29, 0.717) is 0 Å². The summed E-state index contributed by atoms with van der Waals surface area (Å²) in [5.41, 5.74) is 3.59. The Balaban J connectivity index is 1.98. The van der Waals surface area contributed by atoms with Crippen molar-refractivity contribution in [3.8, 4) is 11.8 Å². The zero-order valence-electron chi connectivity index (χ0n) is 15.3. The van der Waals surface area contributed by atoms with E-state index in [1.54, 1.807) is 0 Å². The lowest BCUT2D eigenvalue weighted by Gasteiger charge is -2.40. The predicted molar refractivity (Wildman–Crippen MR) is 102 cm³/mol. The second-order valence-electron chi connectivity index (χ2n) is 8.09. The average Bonchev–Trinajstić information content (AvgIpc) is 2.85. The highest BCUT2D eigenvalue weighted by Crippen LogP contribution is 2.51. The average molecular weight is 361 g/mol. The molecular formula is C20H28N2O2S. The van der Waals surface area contributed by atoms with Gasteiger partial charge in [-0.3, -0.25) is 0 Å². The van der Waals surface area contributed by atoms with Crippen LogP contribution in [-0.2, 0) is 17.4 Å². The molecule has 5 heteroatoms. The van der Waals surface area contributed by atoms with Crippen LogP contribution in [0, 0.1) is 17.3 Å². The molecule has 1 heterocycles. The van der Waals surface area contributed by atoms with Crippen molar-refractivity contribution >= 4 is 11.0 Å². The van der Waals surface area contributed by atoms with E-state index in [0.717, 1.165) is 37.9 Å². The Labute approximate surface area is 153 Å². The quantitative estimate of drug-likeness (QED) is 0.708. The van der Waals surface area contributed by atoms with E-state index >= 15 is 0 Å². The first kappa shape index (κ1) is 18.6. The summed E-state index contributed by atoms with van der Waals surface area (Å²) in [6.45, 7) is 7.89. The number of nitrogens with one attached hydrogen (secondary N) is 2. The van der Waals surface area contributed by atoms with E-state index in [-0.39, 0.29) is 22.8 Å². The van der Waals surface area contributed by atoms with Crippen molar-refractivity contribution in [1.82, 2.24) is 10.0 Å². The van der Waals surface area contributed by atoms with Gasteiger partial charge in [0.2, 0.25) is 0 Å². The molecule has 1 aromatic carbocycles. The molecule has 1 aromatic rings. The molecule has 1 fully saturated rings. The molecule has 0 unspecified atom stereocenters. The smallest absolute Gasteiger partial charge is 0.104 e. The molecule has 0 radical (unpaired) electrons. The van der Waals surface area contributed by atoms with Crippen LogP contribution < -0.4 is 10.0 Å². The van der Waals surface area contributed by atoms with Gasteiger partial charge in [-0.1, -0.05) is 17.9 Å². The highest BCUT2D eigenvalue weighted by atomic mass is 32.2. The Bertz CT molecular complexity index is 721. The second kappa shape index (κ2) is 7.20. The first-order valence-corrected chi connectivity index (χ1v) is 10.1. The zero-order chi connectivity index (χ0) is 18.1. The van der Waals surface area contributed by atoms with Crippen molar-refractivity contribution in [2.75, 3.05) is 19.7 Å². The van der Waals surface area contributed by atoms with Crippen molar-refractivity contribution in [2.45, 2.75) is 50.8 Å². The third-order valence-corrected chi connectivity index (χ3v) is 6.87. The fourth-order valence-corrected chi connectivity index (χ4v) is 4.86. The lowest BCUT2D eigenvalue weighted by atomic mass is 9.73. The van der Waals surface area contributed by atoms with E-state index < -0.39 is 11.0 Å². The standard InChI is InChI=1S/C20H28N2O2S/c1-19(2,3)25(24)22-18-17-13-15(5-4-12-23)6-7-16(17)14-20(18)8-10-21-11-9-20/h6-7,13,18,21-23H,8-12,14H2,1-3H3/t18-,25-/m1/s1. The molecular weight excluding hydrogens is 332 g/mol. The van der Waals surface area contributed by atoms with Crippen LogP contribution in [0.15, 0.2) is 18.2 Å². The predicted octanol–water partition coefficient (Wildman–Crippen LogP) is 2.05. The molecule has 0 aromatic heterocycles. The van der Waals surface area contributed by atoms with E-state index in [1.807, 2.05) is 26.8 Å². The fraction of sp³-hybridized carbons (Fsp3) is 0.600. The maximum atomic E-state index is 12.8. The summed E-state index contributed by atoms with van der Waals surface area (Å²) in [5.74, 6) is 5.73. The van der Waals surface area contributed by atoms with Gasteiger partial charge in [-0.25, -0.2) is 8.93 Å². The van der Waals surface area contributed by atoms with Crippen LogP contribution >= 0.6 is 0 Å². The monoisotopic (exact) mass is 360 g/mol. The number of aliphatic hydroxyl groups is 1. The normalized spacial score (nSPS) is 23.0. The number of rotatable bonds is 2. The molecule has 2 aliphatic rings. The largest absolute Gasteiger partial charge is 0.384 e. The van der Waals surface area contributed by atoms with Gasteiger partial charge in [0.05, 0.1) is 21.8 Å². The number of fused-ring (bicyclic) bond motifs is 1. The van der Waals surface area contributed by atoms with Gasteiger partial charge in [0.15, 0.2) is 0 Å². The molecule has 25 heavy (non-hydrogen) atoms. The molecule has 0 amide bonds. The van der Waals surface area contributed by atoms with E-state index in [4.69, 9.17) is 5.11 Å². The molecule has 1 saturated heterocycles. The molecule has 0 saturated carbocycles. The summed E-state index contributed by atoms with van der Waals surface area (Å²) in [6, 6.07) is 6.38. The topological polar surface area (TPSA) is 61.4 Å². The number of piperidine rings is 1. The zero-order valence-corrected chi connectivity index (χ0v) is 16.1. The number of hydrogen-bond donors (Lipinski definition) is 3. The van der Waals surface area contributed by atoms with Crippen molar-refractivity contribution in [3.63, 3.8) is 0 Å². The van der Waals surface area contributed by atoms with Crippen LogP contribution in [0.4, 0.5) is 0 Å². The molecule has 2 atom stereocenters. The summed E-state index contributed by atoms with van der Waals surface area (Å²) in [4.78, 5) is 0. The van der Waals surface area contributed by atoms with Crippen LogP contribution in [0.1, 0.15) is 56.3 Å². The molecule has 136 valence electrons. The molecule has 3 rings (SSSR count). The van der Waals surface area contributed by atoms with Gasteiger partial charge in [-0.05, 0) is 81.8 Å². The van der Waals surface area contributed by atoms with Crippen LogP contribution in [0.25, 0.3) is 0 Å². The Kier molecular flexibility index (Phi) is 5.36. The van der Waals surface area contributed by atoms with Crippen LogP contribution in [-0.4, -0.2) is 33.8 Å². The Morgan fingerprint density at radius 3 is 2.72 bits per heavy atom. The highest BCUT2D eigenvalue weighted by Gasteiger charge is 2.47. The van der Waals surface area contributed by atoms with Crippen molar-refractivity contribution in [3.05, 3.63) is 34.9 Å². The van der Waals surface area contributed by atoms with Crippen LogP contribution in [0.5, 0.6) is 0 Å². The molecule has 3 N–H and O–H groups in total. The lowest BCUT2D eigenvalue weighted by Crippen LogP contribution is -2.46. The van der Waals surface area contributed by atoms with Gasteiger partial charge < -0.3 is 10.4 Å². The fourth-order valence-electron chi connectivity index (χ4n) is 3.92. The summed E-state index contributed by atoms with van der Waals surface area (Å²) < 4.78 is 16.0.